The van der Waals surface area contributed by atoms with Crippen LogP contribution in [0.25, 0.3) is 22.5 Å². The van der Waals surface area contributed by atoms with Crippen molar-refractivity contribution < 1.29 is 19.1 Å². The molecule has 0 radical (unpaired) electrons. The molecule has 1 amide bonds. The Kier molecular flexibility index (Phi) is 7.88. The average Bonchev–Trinajstić information content (AvgIpc) is 3.42. The third-order valence-electron chi connectivity index (χ3n) is 6.58. The van der Waals surface area contributed by atoms with Crippen molar-refractivity contribution in [2.24, 2.45) is 0 Å². The van der Waals surface area contributed by atoms with Crippen LogP contribution in [0.4, 0.5) is 5.69 Å². The second-order valence-corrected chi connectivity index (χ2v) is 10.3. The maximum Gasteiger partial charge on any atom is 0.227 e. The molecule has 1 aromatic heterocycles. The summed E-state index contributed by atoms with van der Waals surface area (Å²) in [4.78, 5) is 31.9. The van der Waals surface area contributed by atoms with Gasteiger partial charge in [-0.2, -0.15) is 0 Å². The Morgan fingerprint density at radius 3 is 2.08 bits per heavy atom. The lowest BCUT2D eigenvalue weighted by Crippen LogP contribution is -2.23. The number of carbonyl (C=O) groups is 2. The summed E-state index contributed by atoms with van der Waals surface area (Å²) in [5, 5.41) is 8.82. The highest BCUT2D eigenvalue weighted by Crippen LogP contribution is 2.39. The van der Waals surface area contributed by atoms with Crippen LogP contribution in [0.15, 0.2) is 78.0 Å². The van der Waals surface area contributed by atoms with Crippen molar-refractivity contribution in [2.75, 3.05) is 25.7 Å². The molecule has 0 aliphatic carbocycles. The molecule has 1 saturated heterocycles. The number of ketones is 1. The summed E-state index contributed by atoms with van der Waals surface area (Å²) >= 11 is 1.24. The number of carbonyl (C=O) groups excluding carboxylic acids is 2. The van der Waals surface area contributed by atoms with Gasteiger partial charge in [-0.15, -0.1) is 10.2 Å². The minimum atomic E-state index is -0.464. The number of amides is 1. The molecular formula is C30H28N4O4S. The molecule has 2 heterocycles. The van der Waals surface area contributed by atoms with Gasteiger partial charge in [0, 0.05) is 35.3 Å². The third-order valence-corrected chi connectivity index (χ3v) is 7.53. The van der Waals surface area contributed by atoms with Crippen LogP contribution in [0, 0.1) is 0 Å². The van der Waals surface area contributed by atoms with Crippen LogP contribution < -0.4 is 14.4 Å². The monoisotopic (exact) mass is 540 g/mol. The van der Waals surface area contributed by atoms with E-state index >= 15 is 0 Å². The number of aromatic nitrogens is 3. The van der Waals surface area contributed by atoms with Crippen LogP contribution >= 0.6 is 11.8 Å². The van der Waals surface area contributed by atoms with Gasteiger partial charge in [-0.3, -0.25) is 9.59 Å². The summed E-state index contributed by atoms with van der Waals surface area (Å²) in [5.74, 6) is 1.35. The molecule has 39 heavy (non-hydrogen) atoms. The molecule has 9 heteroatoms. The topological polar surface area (TPSA) is 94.5 Å². The Morgan fingerprint density at radius 1 is 0.872 bits per heavy atom. The maximum absolute atomic E-state index is 13.3. The summed E-state index contributed by atoms with van der Waals surface area (Å²) < 4.78 is 11.2. The molecule has 0 saturated carbocycles. The second-order valence-electron chi connectivity index (χ2n) is 9.01. The fraction of sp³-hybridized carbons (Fsp3) is 0.233. The smallest absolute Gasteiger partial charge is 0.227 e. The number of Topliss-reactive ketones (excluding diaryl/α,β-unsaturated/α-hetero) is 1. The zero-order valence-electron chi connectivity index (χ0n) is 22.0. The van der Waals surface area contributed by atoms with Crippen molar-refractivity contribution in [3.63, 3.8) is 0 Å². The summed E-state index contributed by atoms with van der Waals surface area (Å²) in [6.07, 6.45) is 1.42. The summed E-state index contributed by atoms with van der Waals surface area (Å²) in [6, 6.07) is 22.3. The van der Waals surface area contributed by atoms with E-state index in [2.05, 4.69) is 10.2 Å². The largest absolute Gasteiger partial charge is 0.496 e. The van der Waals surface area contributed by atoms with Crippen LogP contribution in [-0.2, 0) is 4.79 Å². The fourth-order valence-electron chi connectivity index (χ4n) is 4.58. The number of hydrogen-bond donors (Lipinski definition) is 0. The number of methoxy groups -OCH3 is 2. The predicted octanol–water partition coefficient (Wildman–Crippen LogP) is 5.71. The van der Waals surface area contributed by atoms with Crippen LogP contribution in [0.2, 0.25) is 0 Å². The van der Waals surface area contributed by atoms with Crippen molar-refractivity contribution in [3.05, 3.63) is 78.4 Å². The minimum Gasteiger partial charge on any atom is -0.496 e. The minimum absolute atomic E-state index is 0.0597. The molecule has 5 rings (SSSR count). The van der Waals surface area contributed by atoms with E-state index in [1.165, 1.54) is 11.8 Å². The lowest BCUT2D eigenvalue weighted by molar-refractivity contribution is -0.117. The van der Waals surface area contributed by atoms with E-state index < -0.39 is 5.25 Å². The van der Waals surface area contributed by atoms with Crippen molar-refractivity contribution in [2.45, 2.75) is 30.2 Å². The first-order valence-electron chi connectivity index (χ1n) is 12.6. The van der Waals surface area contributed by atoms with Gasteiger partial charge >= 0.3 is 0 Å². The SMILES string of the molecule is COc1ccccc1-c1nnc(S[C@@H](C)C(=O)c2ccc(N3CCCC3=O)cc2)nc1-c1ccccc1OC. The van der Waals surface area contributed by atoms with E-state index in [9.17, 15) is 9.59 Å². The Labute approximate surface area is 231 Å². The lowest BCUT2D eigenvalue weighted by Gasteiger charge is -2.17. The highest BCUT2D eigenvalue weighted by Gasteiger charge is 2.24. The van der Waals surface area contributed by atoms with Crippen LogP contribution in [0.5, 0.6) is 11.5 Å². The van der Waals surface area contributed by atoms with E-state index in [1.54, 1.807) is 31.3 Å². The van der Waals surface area contributed by atoms with E-state index in [4.69, 9.17) is 14.5 Å². The van der Waals surface area contributed by atoms with Gasteiger partial charge in [0.1, 0.15) is 22.9 Å². The highest BCUT2D eigenvalue weighted by atomic mass is 32.2. The number of rotatable bonds is 9. The number of thioether (sulfide) groups is 1. The normalized spacial score (nSPS) is 13.8. The van der Waals surface area contributed by atoms with Crippen LogP contribution in [0.1, 0.15) is 30.1 Å². The number of anilines is 1. The molecule has 8 nitrogen and oxygen atoms in total. The van der Waals surface area contributed by atoms with Gasteiger partial charge in [-0.25, -0.2) is 4.98 Å². The van der Waals surface area contributed by atoms with Gasteiger partial charge < -0.3 is 14.4 Å². The number of hydrogen-bond acceptors (Lipinski definition) is 8. The van der Waals surface area contributed by atoms with Gasteiger partial charge in [0.05, 0.1) is 19.5 Å². The number of para-hydroxylation sites is 2. The Bertz CT molecular complexity index is 1510. The van der Waals surface area contributed by atoms with E-state index in [0.29, 0.717) is 46.6 Å². The van der Waals surface area contributed by atoms with Crippen molar-refractivity contribution in [3.8, 4) is 34.0 Å². The molecule has 0 bridgehead atoms. The molecule has 1 aliphatic rings. The summed E-state index contributed by atoms with van der Waals surface area (Å²) in [5.41, 5.74) is 4.01. The Morgan fingerprint density at radius 2 is 1.49 bits per heavy atom. The molecule has 4 aromatic rings. The van der Waals surface area contributed by atoms with Gasteiger partial charge in [-0.1, -0.05) is 36.0 Å². The summed E-state index contributed by atoms with van der Waals surface area (Å²) in [6.45, 7) is 2.54. The molecule has 0 spiro atoms. The number of benzene rings is 3. The number of nitrogens with zero attached hydrogens (tertiary/aromatic N) is 4. The molecule has 198 valence electrons. The first kappa shape index (κ1) is 26.4. The Hall–Kier alpha value is -4.24. The van der Waals surface area contributed by atoms with E-state index in [-0.39, 0.29) is 11.7 Å². The van der Waals surface area contributed by atoms with E-state index in [1.807, 2.05) is 67.6 Å². The zero-order chi connectivity index (χ0) is 27.4. The van der Waals surface area contributed by atoms with Crippen LogP contribution in [-0.4, -0.2) is 52.9 Å². The van der Waals surface area contributed by atoms with Gasteiger partial charge in [0.15, 0.2) is 5.78 Å². The van der Waals surface area contributed by atoms with Crippen molar-refractivity contribution in [1.82, 2.24) is 15.2 Å². The summed E-state index contributed by atoms with van der Waals surface area (Å²) in [7, 11) is 3.22. The average molecular weight is 541 g/mol. The molecule has 1 atom stereocenters. The quantitative estimate of drug-likeness (QED) is 0.197. The zero-order valence-corrected chi connectivity index (χ0v) is 22.8. The molecule has 0 N–H and O–H groups in total. The van der Waals surface area contributed by atoms with Gasteiger partial charge in [0.25, 0.3) is 0 Å². The fourth-order valence-corrected chi connectivity index (χ4v) is 5.38. The molecule has 3 aromatic carbocycles. The predicted molar refractivity (Wildman–Crippen MR) is 151 cm³/mol. The molecule has 1 aliphatic heterocycles. The maximum atomic E-state index is 13.3. The molecular weight excluding hydrogens is 512 g/mol. The third kappa shape index (κ3) is 5.49. The first-order chi connectivity index (χ1) is 19.0. The van der Waals surface area contributed by atoms with E-state index in [0.717, 1.165) is 23.2 Å². The first-order valence-corrected chi connectivity index (χ1v) is 13.5. The standard InChI is InChI=1S/C30H28N4O4S/c1-19(29(36)20-14-16-21(17-15-20)34-18-8-13-26(34)35)39-30-31-27(22-9-4-6-11-24(22)37-2)28(32-33-30)23-10-5-7-12-25(23)38-3/h4-7,9-12,14-17,19H,8,13,18H2,1-3H3/t19-/m0/s1. The van der Waals surface area contributed by atoms with Gasteiger partial charge in [-0.05, 0) is 61.9 Å². The Balaban J connectivity index is 1.44. The second kappa shape index (κ2) is 11.7. The highest BCUT2D eigenvalue weighted by molar-refractivity contribution is 8.00. The van der Waals surface area contributed by atoms with Crippen LogP contribution in [0.3, 0.4) is 0 Å². The lowest BCUT2D eigenvalue weighted by atomic mass is 10.0. The van der Waals surface area contributed by atoms with Crippen molar-refractivity contribution >= 4 is 29.1 Å². The molecule has 0 unspecified atom stereocenters. The number of ether oxygens (including phenoxy) is 2. The molecule has 1 fully saturated rings. The van der Waals surface area contributed by atoms with Crippen molar-refractivity contribution in [1.29, 1.82) is 0 Å². The van der Waals surface area contributed by atoms with Gasteiger partial charge in [0.2, 0.25) is 11.1 Å².